The Morgan fingerprint density at radius 1 is 0.964 bits per heavy atom. The molecule has 2 atom stereocenters. The highest BCUT2D eigenvalue weighted by Crippen LogP contribution is 2.47. The summed E-state index contributed by atoms with van der Waals surface area (Å²) >= 11 is 6.08. The second-order valence-electron chi connectivity index (χ2n) is 6.91. The van der Waals surface area contributed by atoms with Crippen molar-refractivity contribution in [1.82, 2.24) is 4.98 Å². The second-order valence-corrected chi connectivity index (χ2v) is 7.34. The summed E-state index contributed by atoms with van der Waals surface area (Å²) in [6, 6.07) is 21.1. The number of hydrazone groups is 1. The van der Waals surface area contributed by atoms with Crippen molar-refractivity contribution in [1.29, 1.82) is 0 Å². The minimum absolute atomic E-state index is 0.00438. The van der Waals surface area contributed by atoms with Gasteiger partial charge in [0, 0.05) is 23.8 Å². The number of anilines is 2. The molecule has 28 heavy (non-hydrogen) atoms. The molecule has 0 saturated heterocycles. The molecule has 1 aromatic heterocycles. The van der Waals surface area contributed by atoms with Crippen molar-refractivity contribution >= 4 is 34.7 Å². The van der Waals surface area contributed by atoms with Gasteiger partial charge in [-0.2, -0.15) is 5.10 Å². The van der Waals surface area contributed by atoms with Crippen LogP contribution in [0, 0.1) is 5.92 Å². The second kappa shape index (κ2) is 6.46. The third-order valence-corrected chi connectivity index (χ3v) is 5.55. The van der Waals surface area contributed by atoms with Gasteiger partial charge in [-0.3, -0.25) is 14.7 Å². The maximum atomic E-state index is 13.3. The van der Waals surface area contributed by atoms with E-state index in [2.05, 4.69) is 4.98 Å². The van der Waals surface area contributed by atoms with Gasteiger partial charge in [0.2, 0.25) is 5.91 Å². The molecule has 2 aromatic carbocycles. The molecule has 3 aromatic rings. The van der Waals surface area contributed by atoms with Gasteiger partial charge in [-0.05, 0) is 35.9 Å². The lowest BCUT2D eigenvalue weighted by molar-refractivity contribution is -0.121. The Labute approximate surface area is 167 Å². The summed E-state index contributed by atoms with van der Waals surface area (Å²) < 4.78 is 0. The number of nitrogens with zero attached hydrogens (tertiary/aromatic N) is 4. The fraction of sp³-hybridized carbons (Fsp3) is 0.136. The molecule has 3 heterocycles. The van der Waals surface area contributed by atoms with E-state index in [0.717, 1.165) is 22.5 Å². The molecule has 5 nitrogen and oxygen atoms in total. The lowest BCUT2D eigenvalue weighted by Crippen LogP contribution is -2.45. The lowest BCUT2D eigenvalue weighted by Gasteiger charge is -2.36. The van der Waals surface area contributed by atoms with Gasteiger partial charge in [-0.1, -0.05) is 48.0 Å². The first-order valence-electron chi connectivity index (χ1n) is 9.06. The van der Waals surface area contributed by atoms with Crippen LogP contribution in [-0.2, 0) is 4.79 Å². The summed E-state index contributed by atoms with van der Waals surface area (Å²) in [5, 5.41) is 7.50. The molecule has 6 heteroatoms. The van der Waals surface area contributed by atoms with Crippen molar-refractivity contribution < 1.29 is 4.79 Å². The van der Waals surface area contributed by atoms with Crippen molar-refractivity contribution in [3.63, 3.8) is 0 Å². The molecule has 0 radical (unpaired) electrons. The van der Waals surface area contributed by atoms with Gasteiger partial charge >= 0.3 is 0 Å². The summed E-state index contributed by atoms with van der Waals surface area (Å²) in [5.74, 6) is 0.271. The van der Waals surface area contributed by atoms with E-state index >= 15 is 0 Å². The number of amides is 1. The van der Waals surface area contributed by atoms with Gasteiger partial charge in [0.15, 0.2) is 0 Å². The maximum Gasteiger partial charge on any atom is 0.239 e. The van der Waals surface area contributed by atoms with E-state index < -0.39 is 5.92 Å². The van der Waals surface area contributed by atoms with E-state index in [1.165, 1.54) is 0 Å². The van der Waals surface area contributed by atoms with E-state index in [9.17, 15) is 4.79 Å². The number of carbonyl (C=O) groups excluding carboxylic acids is 1. The molecular formula is C22H17ClN4O. The quantitative estimate of drug-likeness (QED) is 0.657. The number of hydrogen-bond acceptors (Lipinski definition) is 4. The topological polar surface area (TPSA) is 48.8 Å². The normalized spacial score (nSPS) is 20.6. The van der Waals surface area contributed by atoms with E-state index in [1.807, 2.05) is 71.7 Å². The van der Waals surface area contributed by atoms with Crippen molar-refractivity contribution in [2.24, 2.45) is 11.0 Å². The molecule has 0 N–H and O–H groups in total. The number of carbonyl (C=O) groups is 1. The van der Waals surface area contributed by atoms with Crippen LogP contribution < -0.4 is 9.91 Å². The standard InChI is InChI=1S/C22H17ClN4O/c1-26-21-17(8-5-13-24-21)20-18(22(26)28)19(14-6-3-2-4-7-14)25-27(20)16-11-9-15(23)10-12-16/h2-13,18,20H,1H3. The Morgan fingerprint density at radius 2 is 1.71 bits per heavy atom. The molecule has 0 aliphatic carbocycles. The molecule has 0 bridgehead atoms. The zero-order chi connectivity index (χ0) is 19.3. The Balaban J connectivity index is 1.72. The van der Waals surface area contributed by atoms with E-state index in [4.69, 9.17) is 16.7 Å². The van der Waals surface area contributed by atoms with Crippen LogP contribution in [0.3, 0.4) is 0 Å². The maximum absolute atomic E-state index is 13.3. The van der Waals surface area contributed by atoms with Crippen molar-refractivity contribution in [2.45, 2.75) is 6.04 Å². The van der Waals surface area contributed by atoms with Gasteiger partial charge < -0.3 is 0 Å². The van der Waals surface area contributed by atoms with Gasteiger partial charge in [-0.25, -0.2) is 4.98 Å². The number of fused-ring (bicyclic) bond motifs is 3. The Morgan fingerprint density at radius 3 is 2.46 bits per heavy atom. The third-order valence-electron chi connectivity index (χ3n) is 5.30. The van der Waals surface area contributed by atoms with Gasteiger partial charge in [-0.15, -0.1) is 0 Å². The Hall–Kier alpha value is -3.18. The van der Waals surface area contributed by atoms with Crippen LogP contribution in [0.5, 0.6) is 0 Å². The van der Waals surface area contributed by atoms with E-state index in [-0.39, 0.29) is 11.9 Å². The lowest BCUT2D eigenvalue weighted by atomic mass is 9.83. The SMILES string of the molecule is CN1C(=O)C2C(c3ccccc3)=NN(c3ccc(Cl)cc3)C2c2cccnc21. The fourth-order valence-electron chi connectivity index (χ4n) is 3.99. The van der Waals surface area contributed by atoms with Crippen molar-refractivity contribution in [2.75, 3.05) is 17.0 Å². The molecule has 0 spiro atoms. The molecule has 0 saturated carbocycles. The molecule has 0 fully saturated rings. The molecule has 5 rings (SSSR count). The summed E-state index contributed by atoms with van der Waals surface area (Å²) in [5.41, 5.74) is 3.59. The smallest absolute Gasteiger partial charge is 0.239 e. The van der Waals surface area contributed by atoms with Crippen LogP contribution in [0.1, 0.15) is 17.2 Å². The van der Waals surface area contributed by atoms with E-state index in [0.29, 0.717) is 10.8 Å². The molecule has 138 valence electrons. The number of halogens is 1. The average molecular weight is 389 g/mol. The molecule has 2 unspecified atom stereocenters. The highest BCUT2D eigenvalue weighted by Gasteiger charge is 2.50. The van der Waals surface area contributed by atoms with Crippen LogP contribution in [0.15, 0.2) is 78.0 Å². The van der Waals surface area contributed by atoms with Gasteiger partial charge in [0.25, 0.3) is 0 Å². The van der Waals surface area contributed by atoms with Crippen molar-refractivity contribution in [3.8, 4) is 0 Å². The van der Waals surface area contributed by atoms with Gasteiger partial charge in [0.05, 0.1) is 17.4 Å². The summed E-state index contributed by atoms with van der Waals surface area (Å²) in [7, 11) is 1.78. The zero-order valence-electron chi connectivity index (χ0n) is 15.2. The van der Waals surface area contributed by atoms with Crippen LogP contribution >= 0.6 is 11.6 Å². The zero-order valence-corrected chi connectivity index (χ0v) is 15.9. The number of rotatable bonds is 2. The van der Waals surface area contributed by atoms with Crippen LogP contribution in [0.2, 0.25) is 5.02 Å². The van der Waals surface area contributed by atoms with Crippen molar-refractivity contribution in [3.05, 3.63) is 89.1 Å². The molecule has 2 aliphatic heterocycles. The predicted molar refractivity (Wildman–Crippen MR) is 111 cm³/mol. The first-order chi connectivity index (χ1) is 13.6. The van der Waals surface area contributed by atoms with Crippen LogP contribution in [0.25, 0.3) is 0 Å². The number of benzene rings is 2. The highest BCUT2D eigenvalue weighted by atomic mass is 35.5. The highest BCUT2D eigenvalue weighted by molar-refractivity contribution is 6.30. The molecular weight excluding hydrogens is 372 g/mol. The third kappa shape index (κ3) is 2.51. The summed E-state index contributed by atoms with van der Waals surface area (Å²) in [6.45, 7) is 0. The minimum Gasteiger partial charge on any atom is -0.299 e. The largest absolute Gasteiger partial charge is 0.299 e. The van der Waals surface area contributed by atoms with Crippen LogP contribution in [-0.4, -0.2) is 23.7 Å². The number of aromatic nitrogens is 1. The fourth-order valence-corrected chi connectivity index (χ4v) is 4.11. The minimum atomic E-state index is -0.403. The van der Waals surface area contributed by atoms with Crippen LogP contribution in [0.4, 0.5) is 11.5 Å². The Bertz CT molecular complexity index is 1080. The number of hydrogen-bond donors (Lipinski definition) is 0. The monoisotopic (exact) mass is 388 g/mol. The van der Waals surface area contributed by atoms with E-state index in [1.54, 1.807) is 18.1 Å². The summed E-state index contributed by atoms with van der Waals surface area (Å²) in [6.07, 6.45) is 1.71. The first kappa shape index (κ1) is 17.0. The first-order valence-corrected chi connectivity index (χ1v) is 9.44. The summed E-state index contributed by atoms with van der Waals surface area (Å²) in [4.78, 5) is 19.4. The average Bonchev–Trinajstić information content (AvgIpc) is 3.14. The van der Waals surface area contributed by atoms with Gasteiger partial charge in [0.1, 0.15) is 11.7 Å². The molecule has 2 aliphatic rings. The predicted octanol–water partition coefficient (Wildman–Crippen LogP) is 4.29. The Kier molecular flexibility index (Phi) is 3.91. The number of pyridine rings is 1. The molecule has 1 amide bonds.